The standard InChI is InChI=1S/C23H26ClN3O/c1-17-5-4-7-21(22(17)24)27-13-11-26(12-14-27)10-3-2-6-18-8-9-19-16-25-23(28)20(19)15-18/h4-5,7-9,15-16H,2-3,6,10-14H2,1H3. The van der Waals surface area contributed by atoms with Gasteiger partial charge in [-0.15, -0.1) is 0 Å². The minimum atomic E-state index is -0.108. The maximum atomic E-state index is 11.7. The van der Waals surface area contributed by atoms with E-state index in [9.17, 15) is 4.79 Å². The predicted molar refractivity (Wildman–Crippen MR) is 116 cm³/mol. The van der Waals surface area contributed by atoms with Gasteiger partial charge >= 0.3 is 0 Å². The van der Waals surface area contributed by atoms with Crippen LogP contribution in [0.25, 0.3) is 0 Å². The van der Waals surface area contributed by atoms with E-state index in [2.05, 4.69) is 46.0 Å². The molecule has 1 amide bonds. The summed E-state index contributed by atoms with van der Waals surface area (Å²) in [5, 5.41) is 0.883. The lowest BCUT2D eigenvalue weighted by molar-refractivity contribution is 0.101. The molecular weight excluding hydrogens is 370 g/mol. The van der Waals surface area contributed by atoms with Crippen LogP contribution in [0.1, 0.15) is 39.9 Å². The zero-order valence-electron chi connectivity index (χ0n) is 16.3. The summed E-state index contributed by atoms with van der Waals surface area (Å²) in [6.07, 6.45) is 4.98. The highest BCUT2D eigenvalue weighted by atomic mass is 35.5. The van der Waals surface area contributed by atoms with Gasteiger partial charge in [0, 0.05) is 38.0 Å². The van der Waals surface area contributed by atoms with Crippen molar-refractivity contribution in [2.24, 2.45) is 4.99 Å². The molecule has 0 unspecified atom stereocenters. The maximum absolute atomic E-state index is 11.7. The summed E-state index contributed by atoms with van der Waals surface area (Å²) in [6.45, 7) is 7.39. The van der Waals surface area contributed by atoms with E-state index >= 15 is 0 Å². The van der Waals surface area contributed by atoms with Crippen molar-refractivity contribution >= 4 is 29.4 Å². The fourth-order valence-corrected chi connectivity index (χ4v) is 4.25. The van der Waals surface area contributed by atoms with Crippen LogP contribution in [0.4, 0.5) is 5.69 Å². The lowest BCUT2D eigenvalue weighted by Gasteiger charge is -2.36. The first-order valence-electron chi connectivity index (χ1n) is 10.1. The summed E-state index contributed by atoms with van der Waals surface area (Å²) in [6, 6.07) is 12.4. The molecule has 4 rings (SSSR count). The Kier molecular flexibility index (Phi) is 5.79. The van der Waals surface area contributed by atoms with Crippen molar-refractivity contribution in [1.82, 2.24) is 4.90 Å². The Labute approximate surface area is 171 Å². The molecule has 1 saturated heterocycles. The number of hydrogen-bond donors (Lipinski definition) is 0. The van der Waals surface area contributed by atoms with E-state index in [0.29, 0.717) is 0 Å². The van der Waals surface area contributed by atoms with Crippen LogP contribution in [-0.2, 0) is 6.42 Å². The van der Waals surface area contributed by atoms with E-state index in [0.717, 1.165) is 73.0 Å². The number of amides is 1. The third-order valence-corrected chi connectivity index (χ3v) is 6.23. The molecule has 2 aliphatic rings. The molecule has 2 heterocycles. The number of halogens is 1. The molecule has 0 spiro atoms. The molecule has 146 valence electrons. The van der Waals surface area contributed by atoms with Crippen molar-refractivity contribution in [2.45, 2.75) is 26.2 Å². The predicted octanol–water partition coefficient (Wildman–Crippen LogP) is 4.37. The van der Waals surface area contributed by atoms with Gasteiger partial charge in [-0.25, -0.2) is 4.99 Å². The Morgan fingerprint density at radius 3 is 2.71 bits per heavy atom. The van der Waals surface area contributed by atoms with Crippen molar-refractivity contribution in [1.29, 1.82) is 0 Å². The van der Waals surface area contributed by atoms with Crippen LogP contribution >= 0.6 is 11.6 Å². The number of piperazine rings is 1. The fourth-order valence-electron chi connectivity index (χ4n) is 4.01. The number of rotatable bonds is 6. The molecule has 0 bridgehead atoms. The first kappa shape index (κ1) is 19.2. The second kappa shape index (κ2) is 8.46. The highest BCUT2D eigenvalue weighted by Gasteiger charge is 2.19. The van der Waals surface area contributed by atoms with Crippen LogP contribution in [0.2, 0.25) is 5.02 Å². The maximum Gasteiger partial charge on any atom is 0.277 e. The molecule has 0 radical (unpaired) electrons. The summed E-state index contributed by atoms with van der Waals surface area (Å²) in [5.41, 5.74) is 5.23. The van der Waals surface area contributed by atoms with Crippen molar-refractivity contribution in [2.75, 3.05) is 37.6 Å². The summed E-state index contributed by atoms with van der Waals surface area (Å²) in [4.78, 5) is 20.5. The van der Waals surface area contributed by atoms with E-state index in [1.807, 2.05) is 12.1 Å². The monoisotopic (exact) mass is 395 g/mol. The average molecular weight is 396 g/mol. The summed E-state index contributed by atoms with van der Waals surface area (Å²) in [5.74, 6) is -0.108. The number of aliphatic imine (C=N–C) groups is 1. The van der Waals surface area contributed by atoms with E-state index < -0.39 is 0 Å². The number of fused-ring (bicyclic) bond motifs is 1. The Morgan fingerprint density at radius 1 is 1.07 bits per heavy atom. The van der Waals surface area contributed by atoms with Gasteiger partial charge in [-0.2, -0.15) is 0 Å². The molecule has 5 heteroatoms. The van der Waals surface area contributed by atoms with Crippen LogP contribution in [-0.4, -0.2) is 49.7 Å². The summed E-state index contributed by atoms with van der Waals surface area (Å²) < 4.78 is 0. The van der Waals surface area contributed by atoms with E-state index in [1.54, 1.807) is 6.21 Å². The van der Waals surface area contributed by atoms with Gasteiger partial charge in [0.1, 0.15) is 0 Å². The van der Waals surface area contributed by atoms with Crippen molar-refractivity contribution in [3.63, 3.8) is 0 Å². The third-order valence-electron chi connectivity index (χ3n) is 5.74. The van der Waals surface area contributed by atoms with Gasteiger partial charge in [0.05, 0.1) is 16.3 Å². The minimum absolute atomic E-state index is 0.108. The molecule has 0 aromatic heterocycles. The van der Waals surface area contributed by atoms with Crippen molar-refractivity contribution in [3.8, 4) is 0 Å². The first-order chi connectivity index (χ1) is 13.6. The smallest absolute Gasteiger partial charge is 0.277 e. The van der Waals surface area contributed by atoms with Crippen LogP contribution in [0.3, 0.4) is 0 Å². The largest absolute Gasteiger partial charge is 0.368 e. The van der Waals surface area contributed by atoms with Crippen molar-refractivity contribution < 1.29 is 4.79 Å². The number of benzene rings is 2. The zero-order chi connectivity index (χ0) is 19.5. The van der Waals surface area contributed by atoms with Crippen molar-refractivity contribution in [3.05, 3.63) is 63.7 Å². The highest BCUT2D eigenvalue weighted by molar-refractivity contribution is 6.34. The summed E-state index contributed by atoms with van der Waals surface area (Å²) >= 11 is 6.48. The van der Waals surface area contributed by atoms with Gasteiger partial charge in [-0.1, -0.05) is 35.9 Å². The molecule has 1 fully saturated rings. The fraction of sp³-hybridized carbons (Fsp3) is 0.391. The Bertz CT molecular complexity index is 901. The SMILES string of the molecule is Cc1cccc(N2CCN(CCCCc3ccc4c(c3)C(=O)N=C4)CC2)c1Cl. The highest BCUT2D eigenvalue weighted by Crippen LogP contribution is 2.29. The molecule has 0 atom stereocenters. The van der Waals surface area contributed by atoms with Crippen LogP contribution in [0.5, 0.6) is 0 Å². The molecule has 2 aromatic carbocycles. The Hall–Kier alpha value is -2.17. The first-order valence-corrected chi connectivity index (χ1v) is 10.4. The third kappa shape index (κ3) is 4.13. The molecular formula is C23H26ClN3O. The lowest BCUT2D eigenvalue weighted by atomic mass is 10.0. The van der Waals surface area contributed by atoms with Gasteiger partial charge < -0.3 is 4.90 Å². The molecule has 4 nitrogen and oxygen atoms in total. The quantitative estimate of drug-likeness (QED) is 0.681. The van der Waals surface area contributed by atoms with E-state index in [4.69, 9.17) is 11.6 Å². The van der Waals surface area contributed by atoms with Gasteiger partial charge in [0.25, 0.3) is 5.91 Å². The minimum Gasteiger partial charge on any atom is -0.368 e. The molecule has 28 heavy (non-hydrogen) atoms. The topological polar surface area (TPSA) is 35.9 Å². The number of hydrogen-bond acceptors (Lipinski definition) is 3. The number of aryl methyl sites for hydroxylation is 2. The lowest BCUT2D eigenvalue weighted by Crippen LogP contribution is -2.46. The van der Waals surface area contributed by atoms with Crippen LogP contribution in [0, 0.1) is 6.92 Å². The molecule has 2 aromatic rings. The van der Waals surface area contributed by atoms with E-state index in [-0.39, 0.29) is 5.91 Å². The van der Waals surface area contributed by atoms with Gasteiger partial charge in [0.2, 0.25) is 0 Å². The summed E-state index contributed by atoms with van der Waals surface area (Å²) in [7, 11) is 0. The molecule has 2 aliphatic heterocycles. The number of unbranched alkanes of at least 4 members (excludes halogenated alkanes) is 1. The van der Waals surface area contributed by atoms with Gasteiger partial charge in [-0.05, 0) is 56.0 Å². The van der Waals surface area contributed by atoms with Crippen LogP contribution < -0.4 is 4.90 Å². The normalized spacial score (nSPS) is 16.6. The number of carbonyl (C=O) groups excluding carboxylic acids is 1. The van der Waals surface area contributed by atoms with E-state index in [1.165, 1.54) is 12.0 Å². The van der Waals surface area contributed by atoms with Gasteiger partial charge in [-0.3, -0.25) is 9.69 Å². The second-order valence-electron chi connectivity index (χ2n) is 7.68. The Morgan fingerprint density at radius 2 is 1.89 bits per heavy atom. The number of anilines is 1. The number of carbonyl (C=O) groups is 1. The van der Waals surface area contributed by atoms with Gasteiger partial charge in [0.15, 0.2) is 0 Å². The Balaban J connectivity index is 1.21. The van der Waals surface area contributed by atoms with Crippen LogP contribution in [0.15, 0.2) is 41.4 Å². The average Bonchev–Trinajstić information content (AvgIpc) is 3.08. The molecule has 0 N–H and O–H groups in total. The number of nitrogens with zero attached hydrogens (tertiary/aromatic N) is 3. The second-order valence-corrected chi connectivity index (χ2v) is 8.06. The molecule has 0 saturated carbocycles. The zero-order valence-corrected chi connectivity index (χ0v) is 17.1. The molecule has 0 aliphatic carbocycles.